The molecule has 0 N–H and O–H groups in total. The number of para-hydroxylation sites is 1. The third kappa shape index (κ3) is 3.94. The van der Waals surface area contributed by atoms with Crippen molar-refractivity contribution in [2.75, 3.05) is 19.0 Å². The molecule has 9 heteroatoms. The molecule has 31 heavy (non-hydrogen) atoms. The molecule has 0 fully saturated rings. The Bertz CT molecular complexity index is 1280. The van der Waals surface area contributed by atoms with Gasteiger partial charge >= 0.3 is 6.18 Å². The average Bonchev–Trinajstić information content (AvgIpc) is 3.23. The molecule has 0 amide bonds. The average molecular weight is 425 g/mol. The first-order chi connectivity index (χ1) is 14.8. The number of hydrogen-bond acceptors (Lipinski definition) is 4. The summed E-state index contributed by atoms with van der Waals surface area (Å²) in [6, 6.07) is 15.6. The van der Waals surface area contributed by atoms with Gasteiger partial charge in [-0.3, -0.25) is 4.79 Å². The number of benzene rings is 2. The summed E-state index contributed by atoms with van der Waals surface area (Å²) in [7, 11) is 3.37. The molecule has 0 radical (unpaired) electrons. The Morgan fingerprint density at radius 3 is 2.32 bits per heavy atom. The van der Waals surface area contributed by atoms with E-state index in [1.54, 1.807) is 35.9 Å². The fraction of sp³-hybridized carbons (Fsp3) is 0.136. The molecule has 4 aromatic rings. The molecule has 158 valence electrons. The van der Waals surface area contributed by atoms with E-state index < -0.39 is 11.7 Å². The number of halogens is 3. The summed E-state index contributed by atoms with van der Waals surface area (Å²) in [6.45, 7) is 0. The molecular formula is C22H18F3N5O. The minimum absolute atomic E-state index is 0.0740. The summed E-state index contributed by atoms with van der Waals surface area (Å²) in [5.41, 5.74) is 0.544. The van der Waals surface area contributed by atoms with Crippen LogP contribution >= 0.6 is 0 Å². The van der Waals surface area contributed by atoms with Crippen molar-refractivity contribution in [3.05, 3.63) is 88.8 Å². The molecule has 0 aliphatic heterocycles. The van der Waals surface area contributed by atoms with Crippen molar-refractivity contribution >= 4 is 5.69 Å². The SMILES string of the molecule is CN(C)c1cn(-c2cccc(C(F)(F)F)c2)nc(-c2ccnn2-c2ccccc2)c1=O. The third-order valence-corrected chi connectivity index (χ3v) is 4.71. The summed E-state index contributed by atoms with van der Waals surface area (Å²) in [4.78, 5) is 14.8. The lowest BCUT2D eigenvalue weighted by molar-refractivity contribution is -0.137. The molecule has 0 spiro atoms. The number of aromatic nitrogens is 4. The number of rotatable bonds is 4. The summed E-state index contributed by atoms with van der Waals surface area (Å²) in [5, 5.41) is 8.68. The van der Waals surface area contributed by atoms with Gasteiger partial charge in [-0.1, -0.05) is 24.3 Å². The van der Waals surface area contributed by atoms with Crippen molar-refractivity contribution in [3.63, 3.8) is 0 Å². The molecule has 0 bridgehead atoms. The van der Waals surface area contributed by atoms with Gasteiger partial charge < -0.3 is 4.90 Å². The lowest BCUT2D eigenvalue weighted by Gasteiger charge is -2.17. The summed E-state index contributed by atoms with van der Waals surface area (Å²) >= 11 is 0. The lowest BCUT2D eigenvalue weighted by atomic mass is 10.2. The first-order valence-corrected chi connectivity index (χ1v) is 9.34. The maximum absolute atomic E-state index is 13.2. The molecule has 4 rings (SSSR count). The van der Waals surface area contributed by atoms with Gasteiger partial charge in [-0.15, -0.1) is 0 Å². The van der Waals surface area contributed by atoms with E-state index >= 15 is 0 Å². The molecule has 6 nitrogen and oxygen atoms in total. The van der Waals surface area contributed by atoms with Gasteiger partial charge in [0.15, 0.2) is 5.69 Å². The molecular weight excluding hydrogens is 407 g/mol. The highest BCUT2D eigenvalue weighted by molar-refractivity contribution is 5.63. The van der Waals surface area contributed by atoms with Crippen LogP contribution in [0.2, 0.25) is 0 Å². The second-order valence-electron chi connectivity index (χ2n) is 7.04. The van der Waals surface area contributed by atoms with Crippen LogP contribution in [0.25, 0.3) is 22.8 Å². The second-order valence-corrected chi connectivity index (χ2v) is 7.04. The summed E-state index contributed by atoms with van der Waals surface area (Å²) in [6.07, 6.45) is -1.53. The fourth-order valence-electron chi connectivity index (χ4n) is 3.18. The Morgan fingerprint density at radius 1 is 0.935 bits per heavy atom. The van der Waals surface area contributed by atoms with E-state index in [0.717, 1.165) is 17.8 Å². The standard InChI is InChI=1S/C22H18F3N5O/c1-28(2)19-14-29(17-10-6-7-15(13-17)22(23,24)25)27-20(21(19)31)18-11-12-26-30(18)16-8-4-3-5-9-16/h3-14H,1-2H3. The van der Waals surface area contributed by atoms with Gasteiger partial charge in [0.25, 0.3) is 0 Å². The molecule has 0 unspecified atom stereocenters. The number of alkyl halides is 3. The maximum Gasteiger partial charge on any atom is 0.416 e. The predicted molar refractivity (Wildman–Crippen MR) is 112 cm³/mol. The van der Waals surface area contributed by atoms with Crippen LogP contribution in [-0.4, -0.2) is 33.7 Å². The highest BCUT2D eigenvalue weighted by Crippen LogP contribution is 2.30. The first kappa shape index (κ1) is 20.4. The van der Waals surface area contributed by atoms with Crippen molar-refractivity contribution in [1.29, 1.82) is 0 Å². The molecule has 0 atom stereocenters. The van der Waals surface area contributed by atoms with Gasteiger partial charge in [0.05, 0.1) is 35.0 Å². The quantitative estimate of drug-likeness (QED) is 0.493. The third-order valence-electron chi connectivity index (χ3n) is 4.71. The van der Waals surface area contributed by atoms with E-state index in [9.17, 15) is 18.0 Å². The largest absolute Gasteiger partial charge is 0.416 e. The Labute approximate surface area is 175 Å². The Kier molecular flexibility index (Phi) is 5.10. The number of anilines is 1. The van der Waals surface area contributed by atoms with Crippen LogP contribution in [0.1, 0.15) is 5.56 Å². The molecule has 2 aromatic carbocycles. The van der Waals surface area contributed by atoms with Crippen LogP contribution in [0.3, 0.4) is 0 Å². The van der Waals surface area contributed by atoms with Crippen LogP contribution in [0.5, 0.6) is 0 Å². The van der Waals surface area contributed by atoms with Crippen LogP contribution in [-0.2, 0) is 6.18 Å². The highest BCUT2D eigenvalue weighted by Gasteiger charge is 2.30. The summed E-state index contributed by atoms with van der Waals surface area (Å²) in [5.74, 6) is 0. The molecule has 0 aliphatic rings. The Morgan fingerprint density at radius 2 is 1.65 bits per heavy atom. The van der Waals surface area contributed by atoms with Gasteiger partial charge in [0.1, 0.15) is 5.69 Å². The minimum atomic E-state index is -4.49. The Hall–Kier alpha value is -3.88. The van der Waals surface area contributed by atoms with Crippen molar-refractivity contribution in [2.24, 2.45) is 0 Å². The molecule has 0 saturated carbocycles. The zero-order valence-corrected chi connectivity index (χ0v) is 16.7. The van der Waals surface area contributed by atoms with Crippen molar-refractivity contribution in [1.82, 2.24) is 19.6 Å². The fourth-order valence-corrected chi connectivity index (χ4v) is 3.18. The molecule has 0 aliphatic carbocycles. The van der Waals surface area contributed by atoms with E-state index in [4.69, 9.17) is 0 Å². The highest BCUT2D eigenvalue weighted by atomic mass is 19.4. The minimum Gasteiger partial charge on any atom is -0.373 e. The maximum atomic E-state index is 13.2. The smallest absolute Gasteiger partial charge is 0.373 e. The van der Waals surface area contributed by atoms with Crippen LogP contribution < -0.4 is 10.3 Å². The second kappa shape index (κ2) is 7.75. The van der Waals surface area contributed by atoms with Crippen molar-refractivity contribution in [2.45, 2.75) is 6.18 Å². The lowest BCUT2D eigenvalue weighted by Crippen LogP contribution is -2.24. The number of hydrogen-bond donors (Lipinski definition) is 0. The van der Waals surface area contributed by atoms with E-state index in [-0.39, 0.29) is 22.5 Å². The van der Waals surface area contributed by atoms with E-state index in [2.05, 4.69) is 10.2 Å². The molecule has 2 heterocycles. The monoisotopic (exact) mass is 425 g/mol. The predicted octanol–water partition coefficient (Wildman–Crippen LogP) is 4.17. The van der Waals surface area contributed by atoms with Gasteiger partial charge in [-0.25, -0.2) is 9.36 Å². The van der Waals surface area contributed by atoms with Gasteiger partial charge in [0.2, 0.25) is 5.43 Å². The normalized spacial score (nSPS) is 11.5. The van der Waals surface area contributed by atoms with Crippen molar-refractivity contribution in [3.8, 4) is 22.8 Å². The first-order valence-electron chi connectivity index (χ1n) is 9.34. The van der Waals surface area contributed by atoms with Crippen LogP contribution in [0.4, 0.5) is 18.9 Å². The van der Waals surface area contributed by atoms with Gasteiger partial charge in [0, 0.05) is 14.1 Å². The van der Waals surface area contributed by atoms with Crippen LogP contribution in [0.15, 0.2) is 77.9 Å². The molecule has 2 aromatic heterocycles. The molecule has 0 saturated heterocycles. The van der Waals surface area contributed by atoms with E-state index in [1.165, 1.54) is 23.0 Å². The van der Waals surface area contributed by atoms with Gasteiger partial charge in [-0.2, -0.15) is 23.4 Å². The van der Waals surface area contributed by atoms with Crippen LogP contribution in [0, 0.1) is 0 Å². The van der Waals surface area contributed by atoms with Gasteiger partial charge in [-0.05, 0) is 36.4 Å². The number of nitrogens with zero attached hydrogens (tertiary/aromatic N) is 5. The zero-order chi connectivity index (χ0) is 22.2. The summed E-state index contributed by atoms with van der Waals surface area (Å²) < 4.78 is 42.4. The zero-order valence-electron chi connectivity index (χ0n) is 16.7. The Balaban J connectivity index is 1.94. The van der Waals surface area contributed by atoms with E-state index in [0.29, 0.717) is 5.69 Å². The topological polar surface area (TPSA) is 56.0 Å². The van der Waals surface area contributed by atoms with Crippen molar-refractivity contribution < 1.29 is 13.2 Å². The van der Waals surface area contributed by atoms with E-state index in [1.807, 2.05) is 30.3 Å².